The molecule has 0 fully saturated rings. The molecule has 2 heterocycles. The lowest BCUT2D eigenvalue weighted by atomic mass is 10.2. The zero-order valence-corrected chi connectivity index (χ0v) is 14.1. The first kappa shape index (κ1) is 17.5. The second-order valence-electron chi connectivity index (χ2n) is 5.05. The molecule has 1 amide bonds. The van der Waals surface area contributed by atoms with Gasteiger partial charge < -0.3 is 14.6 Å². The number of fused-ring (bicyclic) bond motifs is 1. The van der Waals surface area contributed by atoms with Crippen LogP contribution in [0.3, 0.4) is 0 Å². The van der Waals surface area contributed by atoms with E-state index in [1.165, 1.54) is 24.7 Å². The number of carbonyl (C=O) groups is 1. The van der Waals surface area contributed by atoms with E-state index < -0.39 is 27.7 Å². The maximum absolute atomic E-state index is 12.4. The predicted molar refractivity (Wildman–Crippen MR) is 83.2 cm³/mol. The van der Waals surface area contributed by atoms with Gasteiger partial charge in [0.25, 0.3) is 16.0 Å². The van der Waals surface area contributed by atoms with Crippen molar-refractivity contribution >= 4 is 16.0 Å². The second kappa shape index (κ2) is 6.71. The summed E-state index contributed by atoms with van der Waals surface area (Å²) in [5, 5.41) is 2.61. The van der Waals surface area contributed by atoms with Crippen LogP contribution in [0.1, 0.15) is 42.7 Å². The van der Waals surface area contributed by atoms with Crippen molar-refractivity contribution in [2.24, 2.45) is 0 Å². The first-order valence-corrected chi connectivity index (χ1v) is 8.93. The van der Waals surface area contributed by atoms with E-state index in [0.717, 1.165) is 0 Å². The molecule has 0 aromatic carbocycles. The molecule has 1 atom stereocenters. The van der Waals surface area contributed by atoms with Gasteiger partial charge in [0.2, 0.25) is 5.43 Å². The van der Waals surface area contributed by atoms with E-state index in [-0.39, 0.29) is 17.2 Å². The minimum absolute atomic E-state index is 0.00865. The summed E-state index contributed by atoms with van der Waals surface area (Å²) in [6.07, 6.45) is -0.0598. The molecule has 0 radical (unpaired) electrons. The highest BCUT2D eigenvalue weighted by atomic mass is 32.2. The van der Waals surface area contributed by atoms with Crippen LogP contribution in [0.15, 0.2) is 10.9 Å². The molecular weight excluding hydrogens is 324 g/mol. The highest BCUT2D eigenvalue weighted by Gasteiger charge is 2.33. The van der Waals surface area contributed by atoms with Gasteiger partial charge in [0.15, 0.2) is 17.7 Å². The van der Waals surface area contributed by atoms with Gasteiger partial charge >= 0.3 is 0 Å². The molecule has 1 aromatic rings. The highest BCUT2D eigenvalue weighted by Crippen LogP contribution is 2.32. The molecule has 8 nitrogen and oxygen atoms in total. The summed E-state index contributed by atoms with van der Waals surface area (Å²) >= 11 is 0. The lowest BCUT2D eigenvalue weighted by molar-refractivity contribution is 0.0910. The molecular formula is C14H20N2O6S. The molecule has 0 aliphatic carbocycles. The van der Waals surface area contributed by atoms with Crippen molar-refractivity contribution in [1.82, 2.24) is 9.88 Å². The van der Waals surface area contributed by atoms with E-state index in [0.29, 0.717) is 25.1 Å². The molecule has 1 aromatic heterocycles. The number of pyridine rings is 1. The normalized spacial score (nSPS) is 16.9. The maximum atomic E-state index is 12.4. The fraction of sp³-hybridized carbons (Fsp3) is 0.571. The lowest BCUT2D eigenvalue weighted by Gasteiger charge is -2.21. The standard InChI is InChI=1S/C14H20N2O6S/c1-4-15-14(18)12-13(21-3)10(17)8-9-6-7-11(16(9)12)22-23(19,20)5-2/h8,11H,4-7H2,1-3H3,(H,15,18). The molecule has 0 saturated heterocycles. The highest BCUT2D eigenvalue weighted by molar-refractivity contribution is 7.86. The van der Waals surface area contributed by atoms with Crippen molar-refractivity contribution in [3.8, 4) is 5.75 Å². The summed E-state index contributed by atoms with van der Waals surface area (Å²) in [5.41, 5.74) is 0.123. The molecule has 128 valence electrons. The van der Waals surface area contributed by atoms with Gasteiger partial charge in [0.1, 0.15) is 0 Å². The van der Waals surface area contributed by atoms with Crippen LogP contribution >= 0.6 is 0 Å². The van der Waals surface area contributed by atoms with Crippen molar-refractivity contribution in [2.75, 3.05) is 19.4 Å². The Hall–Kier alpha value is -1.87. The number of hydrogen-bond acceptors (Lipinski definition) is 6. The van der Waals surface area contributed by atoms with E-state index >= 15 is 0 Å². The van der Waals surface area contributed by atoms with Crippen LogP contribution in [-0.4, -0.2) is 38.3 Å². The molecule has 0 spiro atoms. The van der Waals surface area contributed by atoms with Gasteiger partial charge in [-0.2, -0.15) is 8.42 Å². The molecule has 1 aliphatic heterocycles. The largest absolute Gasteiger partial charge is 0.491 e. The molecule has 0 bridgehead atoms. The van der Waals surface area contributed by atoms with E-state index in [1.807, 2.05) is 0 Å². The predicted octanol–water partition coefficient (Wildman–Crippen LogP) is 0.418. The van der Waals surface area contributed by atoms with Crippen LogP contribution in [-0.2, 0) is 20.7 Å². The Labute approximate surface area is 134 Å². The zero-order valence-electron chi connectivity index (χ0n) is 13.3. The molecule has 23 heavy (non-hydrogen) atoms. The van der Waals surface area contributed by atoms with Gasteiger partial charge in [-0.3, -0.25) is 9.59 Å². The lowest BCUT2D eigenvalue weighted by Crippen LogP contribution is -2.31. The van der Waals surface area contributed by atoms with Gasteiger partial charge in [-0.05, 0) is 26.7 Å². The minimum Gasteiger partial charge on any atom is -0.491 e. The monoisotopic (exact) mass is 344 g/mol. The number of nitrogens with one attached hydrogen (secondary N) is 1. The smallest absolute Gasteiger partial charge is 0.272 e. The Morgan fingerprint density at radius 3 is 2.70 bits per heavy atom. The molecule has 1 N–H and O–H groups in total. The van der Waals surface area contributed by atoms with Crippen LogP contribution in [0.4, 0.5) is 0 Å². The van der Waals surface area contributed by atoms with Crippen molar-refractivity contribution in [2.45, 2.75) is 32.9 Å². The summed E-state index contributed by atoms with van der Waals surface area (Å²) in [4.78, 5) is 24.5. The van der Waals surface area contributed by atoms with Crippen molar-refractivity contribution in [3.63, 3.8) is 0 Å². The van der Waals surface area contributed by atoms with Crippen molar-refractivity contribution in [1.29, 1.82) is 0 Å². The Morgan fingerprint density at radius 2 is 2.13 bits per heavy atom. The van der Waals surface area contributed by atoms with Crippen molar-refractivity contribution < 1.29 is 22.1 Å². The molecule has 2 rings (SSSR count). The van der Waals surface area contributed by atoms with Gasteiger partial charge in [0, 0.05) is 18.3 Å². The van der Waals surface area contributed by atoms with Crippen LogP contribution in [0.5, 0.6) is 5.75 Å². The first-order valence-electron chi connectivity index (χ1n) is 7.36. The zero-order chi connectivity index (χ0) is 17.2. The van der Waals surface area contributed by atoms with Crippen LogP contribution in [0.25, 0.3) is 0 Å². The molecule has 1 aliphatic rings. The van der Waals surface area contributed by atoms with Crippen molar-refractivity contribution in [3.05, 3.63) is 27.7 Å². The summed E-state index contributed by atoms with van der Waals surface area (Å²) in [5.74, 6) is -0.802. The average molecular weight is 344 g/mol. The summed E-state index contributed by atoms with van der Waals surface area (Å²) < 4.78 is 35.2. The number of aromatic nitrogens is 1. The number of hydrogen-bond donors (Lipinski definition) is 1. The third-order valence-corrected chi connectivity index (χ3v) is 4.81. The number of amides is 1. The SMILES string of the molecule is CCNC(=O)c1c(OC)c(=O)cc2n1C(OS(=O)(=O)CC)CC2. The number of aryl methyl sites for hydroxylation is 1. The summed E-state index contributed by atoms with van der Waals surface area (Å²) in [6.45, 7) is 3.58. The summed E-state index contributed by atoms with van der Waals surface area (Å²) in [7, 11) is -2.41. The van der Waals surface area contributed by atoms with E-state index in [9.17, 15) is 18.0 Å². The number of rotatable bonds is 6. The Morgan fingerprint density at radius 1 is 1.43 bits per heavy atom. The van der Waals surface area contributed by atoms with Gasteiger partial charge in [-0.25, -0.2) is 4.18 Å². The van der Waals surface area contributed by atoms with Crippen LogP contribution in [0.2, 0.25) is 0 Å². The molecule has 9 heteroatoms. The first-order chi connectivity index (χ1) is 10.8. The van der Waals surface area contributed by atoms with Crippen LogP contribution < -0.4 is 15.5 Å². The fourth-order valence-electron chi connectivity index (χ4n) is 2.56. The third-order valence-electron chi connectivity index (χ3n) is 3.59. The Balaban J connectivity index is 2.61. The minimum atomic E-state index is -3.70. The van der Waals surface area contributed by atoms with E-state index in [1.54, 1.807) is 6.92 Å². The Bertz CT molecular complexity index is 768. The molecule has 0 saturated carbocycles. The average Bonchev–Trinajstić information content (AvgIpc) is 2.87. The van der Waals surface area contributed by atoms with Gasteiger partial charge in [-0.15, -0.1) is 0 Å². The third kappa shape index (κ3) is 3.40. The Kier molecular flexibility index (Phi) is 5.10. The fourth-order valence-corrected chi connectivity index (χ4v) is 3.22. The summed E-state index contributed by atoms with van der Waals surface area (Å²) in [6, 6.07) is 1.35. The topological polar surface area (TPSA) is 104 Å². The second-order valence-corrected chi connectivity index (χ2v) is 6.93. The maximum Gasteiger partial charge on any atom is 0.272 e. The van der Waals surface area contributed by atoms with Gasteiger partial charge in [0.05, 0.1) is 12.9 Å². The number of methoxy groups -OCH3 is 1. The quantitative estimate of drug-likeness (QED) is 0.750. The van der Waals surface area contributed by atoms with Gasteiger partial charge in [-0.1, -0.05) is 0 Å². The number of nitrogens with zero attached hydrogens (tertiary/aromatic N) is 1. The number of ether oxygens (including phenoxy) is 1. The van der Waals surface area contributed by atoms with E-state index in [4.69, 9.17) is 8.92 Å². The number of carbonyl (C=O) groups excluding carboxylic acids is 1. The molecule has 1 unspecified atom stereocenters. The van der Waals surface area contributed by atoms with E-state index in [2.05, 4.69) is 5.32 Å². The van der Waals surface area contributed by atoms with Crippen LogP contribution in [0, 0.1) is 0 Å².